The highest BCUT2D eigenvalue weighted by Gasteiger charge is 2.21. The third-order valence-electron chi connectivity index (χ3n) is 1.73. The van der Waals surface area contributed by atoms with Crippen LogP contribution in [0.5, 0.6) is 0 Å². The van der Waals surface area contributed by atoms with Crippen molar-refractivity contribution in [2.24, 2.45) is 0 Å². The Bertz CT molecular complexity index is 524. The number of benzene rings is 1. The maximum Gasteiger partial charge on any atom is 0.296 e. The minimum Gasteiger partial charge on any atom is -0.282 e. The highest BCUT2D eigenvalue weighted by atomic mass is 35.5. The van der Waals surface area contributed by atoms with E-state index in [2.05, 4.69) is 0 Å². The molecular weight excluding hydrogens is 246 g/mol. The molecule has 0 amide bonds. The van der Waals surface area contributed by atoms with Gasteiger partial charge in [0.2, 0.25) is 0 Å². The van der Waals surface area contributed by atoms with Gasteiger partial charge in [-0.15, -0.1) is 0 Å². The molecule has 0 fully saturated rings. The molecule has 15 heavy (non-hydrogen) atoms. The number of halogens is 1. The lowest BCUT2D eigenvalue weighted by molar-refractivity contribution is -0.385. The van der Waals surface area contributed by atoms with Crippen LogP contribution in [0.3, 0.4) is 0 Å². The van der Waals surface area contributed by atoms with Gasteiger partial charge in [-0.3, -0.25) is 14.7 Å². The zero-order chi connectivity index (χ0) is 11.8. The summed E-state index contributed by atoms with van der Waals surface area (Å²) in [7, 11) is -4.54. The van der Waals surface area contributed by atoms with Crippen molar-refractivity contribution in [3.05, 3.63) is 32.8 Å². The highest BCUT2D eigenvalue weighted by Crippen LogP contribution is 2.29. The molecule has 0 aromatic heterocycles. The van der Waals surface area contributed by atoms with Crippen molar-refractivity contribution in [3.8, 4) is 0 Å². The first-order chi connectivity index (χ1) is 6.73. The van der Waals surface area contributed by atoms with Gasteiger partial charge in [-0.25, -0.2) is 0 Å². The minimum absolute atomic E-state index is 0.220. The van der Waals surface area contributed by atoms with Gasteiger partial charge in [-0.2, -0.15) is 8.42 Å². The van der Waals surface area contributed by atoms with E-state index >= 15 is 0 Å². The summed E-state index contributed by atoms with van der Waals surface area (Å²) in [5.41, 5.74) is -0.190. The summed E-state index contributed by atoms with van der Waals surface area (Å²) < 4.78 is 30.3. The van der Waals surface area contributed by atoms with E-state index in [-0.39, 0.29) is 10.6 Å². The van der Waals surface area contributed by atoms with Crippen molar-refractivity contribution >= 4 is 27.4 Å². The Balaban J connectivity index is 3.58. The Morgan fingerprint density at radius 1 is 1.47 bits per heavy atom. The van der Waals surface area contributed by atoms with Crippen LogP contribution in [-0.2, 0) is 10.1 Å². The van der Waals surface area contributed by atoms with Gasteiger partial charge < -0.3 is 0 Å². The molecule has 8 heteroatoms. The van der Waals surface area contributed by atoms with E-state index in [9.17, 15) is 18.5 Å². The van der Waals surface area contributed by atoms with Gasteiger partial charge in [-0.1, -0.05) is 11.6 Å². The molecule has 1 rings (SSSR count). The quantitative estimate of drug-likeness (QED) is 0.491. The molecule has 0 atom stereocenters. The summed E-state index contributed by atoms with van der Waals surface area (Å²) in [6.45, 7) is 1.41. The Kier molecular flexibility index (Phi) is 2.98. The zero-order valence-corrected chi connectivity index (χ0v) is 9.04. The Morgan fingerprint density at radius 2 is 2.00 bits per heavy atom. The van der Waals surface area contributed by atoms with Gasteiger partial charge in [0.15, 0.2) is 0 Å². The van der Waals surface area contributed by atoms with Gasteiger partial charge in [0.05, 0.1) is 9.95 Å². The van der Waals surface area contributed by atoms with Crippen LogP contribution in [0.4, 0.5) is 5.69 Å². The number of nitrogens with zero attached hydrogens (tertiary/aromatic N) is 1. The van der Waals surface area contributed by atoms with Crippen molar-refractivity contribution in [1.29, 1.82) is 0 Å². The molecule has 6 nitrogen and oxygen atoms in total. The molecule has 1 N–H and O–H groups in total. The lowest BCUT2D eigenvalue weighted by atomic mass is 10.2. The smallest absolute Gasteiger partial charge is 0.282 e. The van der Waals surface area contributed by atoms with E-state index in [0.29, 0.717) is 0 Å². The topological polar surface area (TPSA) is 97.5 Å². The first-order valence-electron chi connectivity index (χ1n) is 3.65. The fraction of sp³-hybridized carbons (Fsp3) is 0.143. The van der Waals surface area contributed by atoms with Crippen molar-refractivity contribution in [3.63, 3.8) is 0 Å². The van der Waals surface area contributed by atoms with Crippen LogP contribution in [0.15, 0.2) is 17.0 Å². The molecule has 0 radical (unpaired) electrons. The molecule has 0 saturated heterocycles. The predicted molar refractivity (Wildman–Crippen MR) is 52.7 cm³/mol. The fourth-order valence-electron chi connectivity index (χ4n) is 1.04. The fourth-order valence-corrected chi connectivity index (χ4v) is 2.11. The van der Waals surface area contributed by atoms with Crippen LogP contribution < -0.4 is 0 Å². The molecule has 0 spiro atoms. The van der Waals surface area contributed by atoms with Crippen molar-refractivity contribution in [2.75, 3.05) is 0 Å². The number of hydrogen-bond donors (Lipinski definition) is 1. The standard InChI is InChI=1S/C7H6ClNO5S/c1-4-2-5(8)7(15(12,13)14)3-6(4)9(10)11/h2-3H,1H3,(H,12,13,14). The molecule has 0 saturated carbocycles. The Morgan fingerprint density at radius 3 is 2.40 bits per heavy atom. The van der Waals surface area contributed by atoms with Crippen molar-refractivity contribution in [2.45, 2.75) is 11.8 Å². The second-order valence-corrected chi connectivity index (χ2v) is 4.60. The first-order valence-corrected chi connectivity index (χ1v) is 5.47. The monoisotopic (exact) mass is 251 g/mol. The third-order valence-corrected chi connectivity index (χ3v) is 3.04. The molecule has 82 valence electrons. The van der Waals surface area contributed by atoms with E-state index in [1.165, 1.54) is 6.92 Å². The lowest BCUT2D eigenvalue weighted by Gasteiger charge is -2.02. The average Bonchev–Trinajstić information content (AvgIpc) is 2.00. The van der Waals surface area contributed by atoms with Gasteiger partial charge in [0, 0.05) is 11.6 Å². The van der Waals surface area contributed by atoms with Gasteiger partial charge in [0.1, 0.15) is 4.90 Å². The largest absolute Gasteiger partial charge is 0.296 e. The van der Waals surface area contributed by atoms with Gasteiger partial charge in [0.25, 0.3) is 15.8 Å². The van der Waals surface area contributed by atoms with E-state index in [1.54, 1.807) is 0 Å². The Labute approximate surface area is 90.4 Å². The molecule has 0 aliphatic carbocycles. The summed E-state index contributed by atoms with van der Waals surface area (Å²) in [6.07, 6.45) is 0. The molecule has 0 heterocycles. The van der Waals surface area contributed by atoms with Gasteiger partial charge >= 0.3 is 0 Å². The van der Waals surface area contributed by atoms with Crippen LogP contribution in [0.1, 0.15) is 5.56 Å². The Hall–Kier alpha value is -1.18. The van der Waals surface area contributed by atoms with E-state index in [0.717, 1.165) is 12.1 Å². The zero-order valence-electron chi connectivity index (χ0n) is 7.47. The summed E-state index contributed by atoms with van der Waals surface area (Å²) in [5.74, 6) is 0. The highest BCUT2D eigenvalue weighted by molar-refractivity contribution is 7.86. The predicted octanol–water partition coefficient (Wildman–Crippen LogP) is 1.80. The second kappa shape index (κ2) is 3.76. The molecule has 1 aromatic carbocycles. The summed E-state index contributed by atoms with van der Waals surface area (Å²) >= 11 is 5.53. The van der Waals surface area contributed by atoms with Gasteiger partial charge in [-0.05, 0) is 13.0 Å². The molecule has 0 bridgehead atoms. The summed E-state index contributed by atoms with van der Waals surface area (Å²) in [4.78, 5) is 9.08. The van der Waals surface area contributed by atoms with Crippen LogP contribution in [0.2, 0.25) is 5.02 Å². The van der Waals surface area contributed by atoms with Crippen LogP contribution >= 0.6 is 11.6 Å². The van der Waals surface area contributed by atoms with Crippen LogP contribution in [-0.4, -0.2) is 17.9 Å². The van der Waals surface area contributed by atoms with Crippen molar-refractivity contribution < 1.29 is 17.9 Å². The van der Waals surface area contributed by atoms with E-state index < -0.39 is 25.6 Å². The number of rotatable bonds is 2. The number of aryl methyl sites for hydroxylation is 1. The number of nitro benzene ring substituents is 1. The first kappa shape index (κ1) is 11.9. The summed E-state index contributed by atoms with van der Waals surface area (Å²) in [6, 6.07) is 1.84. The maximum absolute atomic E-state index is 10.8. The van der Waals surface area contributed by atoms with E-state index in [1.807, 2.05) is 0 Å². The lowest BCUT2D eigenvalue weighted by Crippen LogP contribution is -2.02. The molecule has 0 aliphatic heterocycles. The van der Waals surface area contributed by atoms with Crippen LogP contribution in [0, 0.1) is 17.0 Å². The minimum atomic E-state index is -4.54. The SMILES string of the molecule is Cc1cc(Cl)c(S(=O)(=O)O)cc1[N+](=O)[O-]. The molecular formula is C7H6ClNO5S. The van der Waals surface area contributed by atoms with E-state index in [4.69, 9.17) is 16.2 Å². The number of hydrogen-bond acceptors (Lipinski definition) is 4. The average molecular weight is 252 g/mol. The molecule has 0 aliphatic rings. The maximum atomic E-state index is 10.8. The second-order valence-electron chi connectivity index (χ2n) is 2.80. The molecule has 1 aromatic rings. The normalized spacial score (nSPS) is 11.4. The number of nitro groups is 1. The third kappa shape index (κ3) is 2.44. The van der Waals surface area contributed by atoms with Crippen molar-refractivity contribution in [1.82, 2.24) is 0 Å². The van der Waals surface area contributed by atoms with Crippen LogP contribution in [0.25, 0.3) is 0 Å². The summed E-state index contributed by atoms with van der Waals surface area (Å²) in [5, 5.41) is 10.2. The molecule has 0 unspecified atom stereocenters.